The predicted octanol–water partition coefficient (Wildman–Crippen LogP) is 19.3. The number of hydrogen-bond acceptors (Lipinski definition) is 0. The zero-order chi connectivity index (χ0) is 77.9. The number of hydrogen-bond donors (Lipinski definition) is 0. The smallest absolute Gasteiger partial charge is 0.0594 e. The van der Waals surface area contributed by atoms with Crippen molar-refractivity contribution < 1.29 is 28.2 Å². The minimum atomic E-state index is -0.562. The topological polar surface area (TPSA) is 0 Å². The van der Waals surface area contributed by atoms with E-state index in [2.05, 4.69) is 166 Å². The second kappa shape index (κ2) is 105. The molecule has 0 aromatic carbocycles. The highest BCUT2D eigenvalue weighted by atomic mass is 31.2. The highest BCUT2D eigenvalue weighted by molar-refractivity contribution is 7.77. The van der Waals surface area contributed by atoms with Gasteiger partial charge in [-0.15, -0.1) is 0 Å². The molecule has 0 saturated carbocycles. The normalized spacial score (nSPS) is 11.3. The summed E-state index contributed by atoms with van der Waals surface area (Å²) in [6.07, 6.45) is 108. The van der Waals surface area contributed by atoms with Crippen LogP contribution in [0.4, 0.5) is 0 Å². The lowest BCUT2D eigenvalue weighted by atomic mass is 10.4. The van der Waals surface area contributed by atoms with Gasteiger partial charge in [0.2, 0.25) is 0 Å². The summed E-state index contributed by atoms with van der Waals surface area (Å²) in [4.78, 5) is 0. The third-order valence-electron chi connectivity index (χ3n) is 23.7. The Hall–Kier alpha value is 2.16. The highest BCUT2D eigenvalue weighted by Crippen LogP contribution is 2.65. The zero-order valence-electron chi connectivity index (χ0n) is 79.9. The number of unbranched alkanes of at least 4 members (excludes halogenated alkanes) is 24. The molecule has 0 bridgehead atoms. The molecular formula is C96H216F6P6. The van der Waals surface area contributed by atoms with Crippen LogP contribution in [0, 0.1) is 0 Å². The standard InChI is InChI=1S/6C16H36P.6FH/c6*1-5-9-13-17(14-10-6-2,15-11-7-3)16-12-8-4;;;;;;/h6*5-16H2,1-4H3;6*1H/q6*+1;;;;;;/p-6. The summed E-state index contributed by atoms with van der Waals surface area (Å²) >= 11 is 0. The molecule has 0 nitrogen and oxygen atoms in total. The van der Waals surface area contributed by atoms with Gasteiger partial charge < -0.3 is 28.2 Å². The Labute approximate surface area is 689 Å². The molecule has 672 valence electrons. The number of halogens is 6. The Morgan fingerprint density at radius 2 is 0.120 bits per heavy atom. The van der Waals surface area contributed by atoms with E-state index < -0.39 is 43.6 Å². The largest absolute Gasteiger partial charge is 1.00 e. The lowest BCUT2D eigenvalue weighted by molar-refractivity contribution is -0.00100. The minimum absolute atomic E-state index is 0. The fourth-order valence-electron chi connectivity index (χ4n) is 15.9. The SMILES string of the molecule is CCCC[P+](CCCC)(CCCC)CCCC.CCCC[P+](CCCC)(CCCC)CCCC.CCCC[P+](CCCC)(CCCC)CCCC.CCCC[P+](CCCC)(CCCC)CCCC.CCCC[P+](CCCC)(CCCC)CCCC.CCCC[P+](CCCC)(CCCC)CCCC.[F-].[F-].[F-].[F-].[F-].[F-]. The van der Waals surface area contributed by atoms with Gasteiger partial charge in [-0.3, -0.25) is 0 Å². The maximum absolute atomic E-state index is 2.36. The molecule has 0 amide bonds. The zero-order valence-corrected chi connectivity index (χ0v) is 85.2. The van der Waals surface area contributed by atoms with Crippen molar-refractivity contribution in [3.8, 4) is 0 Å². The van der Waals surface area contributed by atoms with Gasteiger partial charge in [0.1, 0.15) is 0 Å². The molecule has 0 aliphatic rings. The van der Waals surface area contributed by atoms with Crippen LogP contribution in [-0.4, -0.2) is 148 Å². The van der Waals surface area contributed by atoms with Gasteiger partial charge in [-0.25, -0.2) is 0 Å². The Morgan fingerprint density at radius 1 is 0.0833 bits per heavy atom. The Bertz CT molecular complexity index is 1010. The Morgan fingerprint density at radius 3 is 0.148 bits per heavy atom. The van der Waals surface area contributed by atoms with E-state index in [1.165, 1.54) is 308 Å². The van der Waals surface area contributed by atoms with Crippen LogP contribution in [0.5, 0.6) is 0 Å². The molecule has 108 heavy (non-hydrogen) atoms. The average molecular weight is 1670 g/mol. The quantitative estimate of drug-likeness (QED) is 0.0421. The van der Waals surface area contributed by atoms with Crippen LogP contribution in [-0.2, 0) is 0 Å². The minimum Gasteiger partial charge on any atom is -1.00 e. The van der Waals surface area contributed by atoms with Gasteiger partial charge in [0, 0.05) is 43.6 Å². The van der Waals surface area contributed by atoms with Crippen LogP contribution in [0.15, 0.2) is 0 Å². The van der Waals surface area contributed by atoms with Crippen molar-refractivity contribution in [3.05, 3.63) is 0 Å². The van der Waals surface area contributed by atoms with Crippen molar-refractivity contribution >= 4 is 43.6 Å². The van der Waals surface area contributed by atoms with E-state index in [1.807, 2.05) is 0 Å². The van der Waals surface area contributed by atoms with Gasteiger partial charge >= 0.3 is 0 Å². The maximum Gasteiger partial charge on any atom is 0.0594 e. The molecule has 0 unspecified atom stereocenters. The average Bonchev–Trinajstić information content (AvgIpc) is 0.926. The molecule has 0 spiro atoms. The van der Waals surface area contributed by atoms with Gasteiger partial charge in [-0.2, -0.15) is 0 Å². The Kier molecular flexibility index (Phi) is 133. The van der Waals surface area contributed by atoms with Crippen LogP contribution >= 0.6 is 43.6 Å². The lowest BCUT2D eigenvalue weighted by Crippen LogP contribution is -3.00. The first-order valence-electron chi connectivity index (χ1n) is 48.6. The van der Waals surface area contributed by atoms with Crippen molar-refractivity contribution in [2.24, 2.45) is 0 Å². The first kappa shape index (κ1) is 136. The van der Waals surface area contributed by atoms with Crippen molar-refractivity contribution in [2.75, 3.05) is 148 Å². The van der Waals surface area contributed by atoms with Crippen molar-refractivity contribution in [1.82, 2.24) is 0 Å². The second-order valence-electron chi connectivity index (χ2n) is 33.9. The van der Waals surface area contributed by atoms with E-state index in [0.29, 0.717) is 0 Å². The third-order valence-corrected chi connectivity index (χ3v) is 54.0. The molecule has 0 aromatic heterocycles. The summed E-state index contributed by atoms with van der Waals surface area (Å²) in [6, 6.07) is 0. The molecule has 0 rings (SSSR count). The van der Waals surface area contributed by atoms with E-state index in [1.54, 1.807) is 148 Å². The van der Waals surface area contributed by atoms with Crippen molar-refractivity contribution in [3.63, 3.8) is 0 Å². The van der Waals surface area contributed by atoms with E-state index in [0.717, 1.165) is 0 Å². The van der Waals surface area contributed by atoms with Gasteiger partial charge in [-0.1, -0.05) is 320 Å². The van der Waals surface area contributed by atoms with Crippen LogP contribution in [0.25, 0.3) is 0 Å². The maximum atomic E-state index is 2.36. The molecule has 0 aliphatic carbocycles. The molecule has 0 heterocycles. The molecule has 0 fully saturated rings. The molecule has 12 heteroatoms. The van der Waals surface area contributed by atoms with E-state index in [-0.39, 0.29) is 28.2 Å². The highest BCUT2D eigenvalue weighted by Gasteiger charge is 2.39. The molecule has 0 radical (unpaired) electrons. The van der Waals surface area contributed by atoms with E-state index >= 15 is 0 Å². The van der Waals surface area contributed by atoms with Gasteiger partial charge in [0.15, 0.2) is 0 Å². The Balaban J connectivity index is -0.000000101. The van der Waals surface area contributed by atoms with Crippen LogP contribution in [0.1, 0.15) is 474 Å². The van der Waals surface area contributed by atoms with Gasteiger partial charge in [0.05, 0.1) is 148 Å². The summed E-state index contributed by atoms with van der Waals surface area (Å²) in [7, 11) is -3.37. The fourth-order valence-corrected chi connectivity index (χ4v) is 47.6. The summed E-state index contributed by atoms with van der Waals surface area (Å²) in [5, 5.41) is 0. The summed E-state index contributed by atoms with van der Waals surface area (Å²) < 4.78 is 0. The fraction of sp³-hybridized carbons (Fsp3) is 1.00. The predicted molar refractivity (Wildman–Crippen MR) is 516 cm³/mol. The number of rotatable bonds is 72. The monoisotopic (exact) mass is 1670 g/mol. The second-order valence-corrected chi connectivity index (χ2v) is 60.7. The summed E-state index contributed by atoms with van der Waals surface area (Å²) in [5.41, 5.74) is 0. The van der Waals surface area contributed by atoms with Crippen molar-refractivity contribution in [1.29, 1.82) is 0 Å². The first-order valence-corrected chi connectivity index (χ1v) is 63.7. The third kappa shape index (κ3) is 83.2. The first-order chi connectivity index (χ1) is 49.5. The van der Waals surface area contributed by atoms with Crippen LogP contribution < -0.4 is 28.2 Å². The van der Waals surface area contributed by atoms with Crippen molar-refractivity contribution in [2.45, 2.75) is 474 Å². The summed E-state index contributed by atoms with van der Waals surface area (Å²) in [6.45, 7) is 56.5. The molecular weight excluding hydrogens is 1450 g/mol. The molecule has 0 atom stereocenters. The van der Waals surface area contributed by atoms with Gasteiger partial charge in [-0.05, 0) is 154 Å². The molecule has 0 saturated heterocycles. The van der Waals surface area contributed by atoms with E-state index in [9.17, 15) is 0 Å². The van der Waals surface area contributed by atoms with E-state index in [4.69, 9.17) is 0 Å². The molecule has 0 aromatic rings. The van der Waals surface area contributed by atoms with Crippen LogP contribution in [0.2, 0.25) is 0 Å². The molecule has 0 N–H and O–H groups in total. The van der Waals surface area contributed by atoms with Gasteiger partial charge in [0.25, 0.3) is 0 Å². The molecule has 0 aliphatic heterocycles. The lowest BCUT2D eigenvalue weighted by Gasteiger charge is -2.28. The van der Waals surface area contributed by atoms with Crippen LogP contribution in [0.3, 0.4) is 0 Å². The summed E-state index contributed by atoms with van der Waals surface area (Å²) in [5.74, 6) is 0.